The minimum Gasteiger partial charge on any atom is -0.492 e. The SMILES string of the molecule is CCOc1cc2c(cc1NC(=O)CCc1c(C)nc3ncnn3c1C)O[C@@H](C)C2. The topological polar surface area (TPSA) is 90.6 Å². The summed E-state index contributed by atoms with van der Waals surface area (Å²) < 4.78 is 13.3. The first-order valence-electron chi connectivity index (χ1n) is 9.88. The number of rotatable bonds is 6. The Labute approximate surface area is 169 Å². The number of carbonyl (C=O) groups is 1. The van der Waals surface area contributed by atoms with E-state index in [1.165, 1.54) is 6.33 Å². The number of nitrogens with zero attached hydrogens (tertiary/aromatic N) is 4. The van der Waals surface area contributed by atoms with Crippen LogP contribution in [0.2, 0.25) is 0 Å². The highest BCUT2D eigenvalue weighted by molar-refractivity contribution is 5.93. The molecular formula is C21H25N5O3. The van der Waals surface area contributed by atoms with Crippen LogP contribution in [0.3, 0.4) is 0 Å². The van der Waals surface area contributed by atoms with Crippen molar-refractivity contribution in [2.75, 3.05) is 11.9 Å². The van der Waals surface area contributed by atoms with Crippen LogP contribution in [0.4, 0.5) is 5.69 Å². The van der Waals surface area contributed by atoms with E-state index in [-0.39, 0.29) is 12.0 Å². The number of hydrogen-bond donors (Lipinski definition) is 1. The minimum atomic E-state index is -0.0885. The molecule has 1 N–H and O–H groups in total. The van der Waals surface area contributed by atoms with Gasteiger partial charge in [-0.1, -0.05) is 0 Å². The maximum atomic E-state index is 12.7. The Morgan fingerprint density at radius 1 is 1.38 bits per heavy atom. The molecule has 3 heterocycles. The zero-order valence-electron chi connectivity index (χ0n) is 17.2. The highest BCUT2D eigenvalue weighted by atomic mass is 16.5. The summed E-state index contributed by atoms with van der Waals surface area (Å²) in [4.78, 5) is 21.3. The smallest absolute Gasteiger partial charge is 0.252 e. The van der Waals surface area contributed by atoms with Gasteiger partial charge in [-0.25, -0.2) is 9.50 Å². The fourth-order valence-electron chi connectivity index (χ4n) is 3.78. The number of aromatic nitrogens is 4. The lowest BCUT2D eigenvalue weighted by Gasteiger charge is -2.14. The van der Waals surface area contributed by atoms with Crippen LogP contribution in [-0.2, 0) is 17.6 Å². The Bertz CT molecular complexity index is 1080. The summed E-state index contributed by atoms with van der Waals surface area (Å²) in [7, 11) is 0. The Balaban J connectivity index is 1.50. The molecular weight excluding hydrogens is 370 g/mol. The third kappa shape index (κ3) is 3.74. The Morgan fingerprint density at radius 2 is 2.21 bits per heavy atom. The number of aryl methyl sites for hydroxylation is 2. The van der Waals surface area contributed by atoms with Gasteiger partial charge in [-0.2, -0.15) is 10.1 Å². The van der Waals surface area contributed by atoms with E-state index < -0.39 is 0 Å². The molecule has 8 nitrogen and oxygen atoms in total. The first-order chi connectivity index (χ1) is 14.0. The molecule has 4 rings (SSSR count). The van der Waals surface area contributed by atoms with Gasteiger partial charge in [0.25, 0.3) is 5.78 Å². The lowest BCUT2D eigenvalue weighted by Crippen LogP contribution is -2.15. The monoisotopic (exact) mass is 395 g/mol. The van der Waals surface area contributed by atoms with Gasteiger partial charge in [-0.15, -0.1) is 0 Å². The van der Waals surface area contributed by atoms with E-state index in [0.29, 0.717) is 36.7 Å². The number of hydrogen-bond acceptors (Lipinski definition) is 6. The third-order valence-electron chi connectivity index (χ3n) is 5.16. The fourth-order valence-corrected chi connectivity index (χ4v) is 3.78. The van der Waals surface area contributed by atoms with Crippen LogP contribution >= 0.6 is 0 Å². The van der Waals surface area contributed by atoms with Gasteiger partial charge >= 0.3 is 0 Å². The summed E-state index contributed by atoms with van der Waals surface area (Å²) in [5, 5.41) is 7.18. The second kappa shape index (κ2) is 7.69. The molecule has 0 aliphatic carbocycles. The van der Waals surface area contributed by atoms with Crippen molar-refractivity contribution >= 4 is 17.4 Å². The third-order valence-corrected chi connectivity index (χ3v) is 5.16. The predicted octanol–water partition coefficient (Wildman–Crippen LogP) is 3.03. The zero-order chi connectivity index (χ0) is 20.5. The lowest BCUT2D eigenvalue weighted by molar-refractivity contribution is -0.116. The van der Waals surface area contributed by atoms with Crippen molar-refractivity contribution in [1.82, 2.24) is 19.6 Å². The molecule has 152 valence electrons. The largest absolute Gasteiger partial charge is 0.492 e. The molecule has 2 aromatic heterocycles. The molecule has 1 atom stereocenters. The summed E-state index contributed by atoms with van der Waals surface area (Å²) in [6.45, 7) is 8.39. The average Bonchev–Trinajstić information content (AvgIpc) is 3.27. The number of carbonyl (C=O) groups excluding carboxylic acids is 1. The summed E-state index contributed by atoms with van der Waals surface area (Å²) >= 11 is 0. The first-order valence-corrected chi connectivity index (χ1v) is 9.88. The van der Waals surface area contributed by atoms with E-state index in [9.17, 15) is 4.79 Å². The molecule has 8 heteroatoms. The molecule has 1 amide bonds. The maximum Gasteiger partial charge on any atom is 0.252 e. The van der Waals surface area contributed by atoms with Crippen LogP contribution < -0.4 is 14.8 Å². The highest BCUT2D eigenvalue weighted by Crippen LogP contribution is 2.38. The number of benzene rings is 1. The number of anilines is 1. The quantitative estimate of drug-likeness (QED) is 0.690. The molecule has 1 aliphatic heterocycles. The summed E-state index contributed by atoms with van der Waals surface area (Å²) in [5.41, 5.74) is 4.58. The van der Waals surface area contributed by atoms with Gasteiger partial charge in [0.05, 0.1) is 12.3 Å². The van der Waals surface area contributed by atoms with E-state index in [2.05, 4.69) is 20.4 Å². The van der Waals surface area contributed by atoms with E-state index in [4.69, 9.17) is 9.47 Å². The van der Waals surface area contributed by atoms with Crippen molar-refractivity contribution < 1.29 is 14.3 Å². The van der Waals surface area contributed by atoms with Crippen molar-refractivity contribution in [1.29, 1.82) is 0 Å². The molecule has 1 aromatic carbocycles. The van der Waals surface area contributed by atoms with Crippen LogP contribution in [-0.4, -0.2) is 38.2 Å². The predicted molar refractivity (Wildman–Crippen MR) is 109 cm³/mol. The van der Waals surface area contributed by atoms with Gasteiger partial charge in [-0.3, -0.25) is 4.79 Å². The molecule has 0 unspecified atom stereocenters. The Kier molecular flexibility index (Phi) is 5.08. The van der Waals surface area contributed by atoms with Crippen molar-refractivity contribution in [2.45, 2.75) is 53.1 Å². The normalized spacial score (nSPS) is 15.2. The lowest BCUT2D eigenvalue weighted by atomic mass is 10.1. The van der Waals surface area contributed by atoms with Crippen molar-refractivity contribution in [3.05, 3.63) is 41.0 Å². The van der Waals surface area contributed by atoms with Gasteiger partial charge in [0.1, 0.15) is 23.9 Å². The standard InChI is InChI=1S/C21H25N5O3/c1-5-28-19-9-15-8-12(2)29-18(15)10-17(19)25-20(27)7-6-16-13(3)24-21-22-11-23-26(21)14(16)4/h9-12H,5-8H2,1-4H3,(H,25,27)/t12-/m0/s1. The van der Waals surface area contributed by atoms with Crippen LogP contribution in [0.15, 0.2) is 18.5 Å². The molecule has 0 saturated carbocycles. The van der Waals surface area contributed by atoms with Gasteiger partial charge in [-0.05, 0) is 45.7 Å². The van der Waals surface area contributed by atoms with Crippen LogP contribution in [0.1, 0.15) is 42.8 Å². The van der Waals surface area contributed by atoms with Crippen molar-refractivity contribution in [3.8, 4) is 11.5 Å². The van der Waals surface area contributed by atoms with Crippen LogP contribution in [0, 0.1) is 13.8 Å². The first kappa shape index (κ1) is 19.2. The molecule has 0 spiro atoms. The second-order valence-corrected chi connectivity index (χ2v) is 7.30. The molecule has 29 heavy (non-hydrogen) atoms. The molecule has 0 radical (unpaired) electrons. The van der Waals surface area contributed by atoms with Crippen LogP contribution in [0.5, 0.6) is 11.5 Å². The van der Waals surface area contributed by atoms with E-state index in [0.717, 1.165) is 34.7 Å². The number of nitrogens with one attached hydrogen (secondary N) is 1. The average molecular weight is 395 g/mol. The van der Waals surface area contributed by atoms with Gasteiger partial charge in [0.2, 0.25) is 5.91 Å². The van der Waals surface area contributed by atoms with Crippen LogP contribution in [0.25, 0.3) is 5.78 Å². The molecule has 0 saturated heterocycles. The summed E-state index contributed by atoms with van der Waals surface area (Å²) in [5.74, 6) is 1.97. The number of fused-ring (bicyclic) bond motifs is 2. The Morgan fingerprint density at radius 3 is 3.00 bits per heavy atom. The molecule has 0 fully saturated rings. The molecule has 0 bridgehead atoms. The van der Waals surface area contributed by atoms with E-state index in [1.807, 2.05) is 39.8 Å². The van der Waals surface area contributed by atoms with E-state index in [1.54, 1.807) is 4.52 Å². The van der Waals surface area contributed by atoms with Gasteiger partial charge in [0, 0.05) is 35.9 Å². The number of amides is 1. The molecule has 3 aromatic rings. The highest BCUT2D eigenvalue weighted by Gasteiger charge is 2.22. The fraction of sp³-hybridized carbons (Fsp3) is 0.429. The second-order valence-electron chi connectivity index (χ2n) is 7.30. The van der Waals surface area contributed by atoms with Gasteiger partial charge in [0.15, 0.2) is 0 Å². The molecule has 1 aliphatic rings. The van der Waals surface area contributed by atoms with Crippen molar-refractivity contribution in [3.63, 3.8) is 0 Å². The van der Waals surface area contributed by atoms with Crippen molar-refractivity contribution in [2.24, 2.45) is 0 Å². The summed E-state index contributed by atoms with van der Waals surface area (Å²) in [6, 6.07) is 3.83. The maximum absolute atomic E-state index is 12.7. The minimum absolute atomic E-state index is 0.0885. The zero-order valence-corrected chi connectivity index (χ0v) is 17.2. The van der Waals surface area contributed by atoms with E-state index >= 15 is 0 Å². The van der Waals surface area contributed by atoms with Gasteiger partial charge < -0.3 is 14.8 Å². The Hall–Kier alpha value is -3.16. The summed E-state index contributed by atoms with van der Waals surface area (Å²) in [6.07, 6.45) is 3.35. The number of ether oxygens (including phenoxy) is 2.